The largest absolute Gasteiger partial charge is 0.481 e. The summed E-state index contributed by atoms with van der Waals surface area (Å²) in [5, 5.41) is 18.9. The fourth-order valence-corrected chi connectivity index (χ4v) is 2.84. The molecule has 0 aromatic heterocycles. The molecule has 1 aliphatic heterocycles. The van der Waals surface area contributed by atoms with Crippen LogP contribution >= 0.6 is 0 Å². The zero-order valence-corrected chi connectivity index (χ0v) is 12.2. The molecule has 1 aliphatic rings. The third-order valence-corrected chi connectivity index (χ3v) is 4.00. The van der Waals surface area contributed by atoms with Gasteiger partial charge >= 0.3 is 5.97 Å². The van der Waals surface area contributed by atoms with Crippen molar-refractivity contribution in [3.8, 4) is 0 Å². The van der Waals surface area contributed by atoms with E-state index in [4.69, 9.17) is 5.11 Å². The molecule has 0 aliphatic carbocycles. The van der Waals surface area contributed by atoms with Crippen LogP contribution in [0.2, 0.25) is 0 Å². The summed E-state index contributed by atoms with van der Waals surface area (Å²) in [7, 11) is 0. The van der Waals surface area contributed by atoms with Gasteiger partial charge in [-0.15, -0.1) is 0 Å². The van der Waals surface area contributed by atoms with Gasteiger partial charge in [0.05, 0.1) is 18.6 Å². The minimum Gasteiger partial charge on any atom is -0.481 e. The van der Waals surface area contributed by atoms with Crippen LogP contribution < -0.4 is 0 Å². The van der Waals surface area contributed by atoms with Gasteiger partial charge in [0.25, 0.3) is 0 Å². The van der Waals surface area contributed by atoms with Gasteiger partial charge in [0, 0.05) is 13.0 Å². The molecule has 1 saturated heterocycles. The summed E-state index contributed by atoms with van der Waals surface area (Å²) in [4.78, 5) is 24.3. The van der Waals surface area contributed by atoms with Crippen molar-refractivity contribution in [3.05, 3.63) is 35.6 Å². The van der Waals surface area contributed by atoms with Crippen molar-refractivity contribution >= 4 is 11.9 Å². The summed E-state index contributed by atoms with van der Waals surface area (Å²) in [5.74, 6) is -1.70. The van der Waals surface area contributed by atoms with Gasteiger partial charge in [-0.3, -0.25) is 9.59 Å². The first kappa shape index (κ1) is 16.4. The van der Waals surface area contributed by atoms with Crippen LogP contribution in [0.3, 0.4) is 0 Å². The van der Waals surface area contributed by atoms with Crippen LogP contribution in [0, 0.1) is 5.82 Å². The van der Waals surface area contributed by atoms with Gasteiger partial charge in [0.1, 0.15) is 5.82 Å². The van der Waals surface area contributed by atoms with Gasteiger partial charge in [-0.25, -0.2) is 4.39 Å². The average molecular weight is 309 g/mol. The predicted molar refractivity (Wildman–Crippen MR) is 77.7 cm³/mol. The van der Waals surface area contributed by atoms with Crippen LogP contribution in [0.1, 0.15) is 31.2 Å². The third-order valence-electron chi connectivity index (χ3n) is 4.00. The van der Waals surface area contributed by atoms with Gasteiger partial charge in [-0.2, -0.15) is 0 Å². The Morgan fingerprint density at radius 2 is 2.00 bits per heavy atom. The van der Waals surface area contributed by atoms with Crippen molar-refractivity contribution in [3.63, 3.8) is 0 Å². The molecule has 2 atom stereocenters. The minimum absolute atomic E-state index is 0.101. The van der Waals surface area contributed by atoms with Crippen molar-refractivity contribution in [2.75, 3.05) is 6.54 Å². The number of carboxylic acids is 1. The number of amides is 1. The number of aliphatic hydroxyl groups excluding tert-OH is 1. The molecule has 1 aromatic rings. The van der Waals surface area contributed by atoms with E-state index in [1.54, 1.807) is 18.2 Å². The number of likely N-dealkylation sites (tertiary alicyclic amines) is 1. The first-order valence-electron chi connectivity index (χ1n) is 7.41. The number of rotatable bonds is 5. The Labute approximate surface area is 128 Å². The highest BCUT2D eigenvalue weighted by atomic mass is 19.1. The van der Waals surface area contributed by atoms with Crippen LogP contribution in [0.4, 0.5) is 4.39 Å². The second-order valence-electron chi connectivity index (χ2n) is 5.55. The molecule has 0 saturated carbocycles. The quantitative estimate of drug-likeness (QED) is 0.866. The molecule has 2 rings (SSSR count). The Kier molecular flexibility index (Phi) is 5.49. The summed E-state index contributed by atoms with van der Waals surface area (Å²) < 4.78 is 13.8. The number of carbonyl (C=O) groups excluding carboxylic acids is 1. The molecule has 0 spiro atoms. The fraction of sp³-hybridized carbons (Fsp3) is 0.500. The first-order chi connectivity index (χ1) is 10.5. The number of aliphatic hydroxyl groups is 1. The standard InChI is InChI=1S/C16H20FNO4/c17-12-5-2-1-4-11(12)10-13-14(19)6-3-9-18(13)15(20)7-8-16(21)22/h1-2,4-5,13-14,19H,3,6-10H2,(H,21,22)/t13-,14-/m0/s1. The second-order valence-corrected chi connectivity index (χ2v) is 5.55. The molecule has 0 unspecified atom stereocenters. The lowest BCUT2D eigenvalue weighted by Gasteiger charge is -2.39. The maximum Gasteiger partial charge on any atom is 0.303 e. The Bertz CT molecular complexity index is 549. The van der Waals surface area contributed by atoms with Crippen molar-refractivity contribution in [2.45, 2.75) is 44.2 Å². The van der Waals surface area contributed by atoms with E-state index >= 15 is 0 Å². The number of carbonyl (C=O) groups is 2. The number of aliphatic carboxylic acids is 1. The molecule has 6 heteroatoms. The normalized spacial score (nSPS) is 21.6. The predicted octanol–water partition coefficient (Wildman–Crippen LogP) is 1.58. The SMILES string of the molecule is O=C(O)CCC(=O)N1CCC[C@H](O)[C@@H]1Cc1ccccc1F. The Morgan fingerprint density at radius 1 is 1.27 bits per heavy atom. The molecule has 120 valence electrons. The maximum absolute atomic E-state index is 13.8. The molecule has 2 N–H and O–H groups in total. The summed E-state index contributed by atoms with van der Waals surface area (Å²) in [6.07, 6.45) is 0.387. The number of benzene rings is 1. The maximum atomic E-state index is 13.8. The number of piperidine rings is 1. The summed E-state index contributed by atoms with van der Waals surface area (Å²) in [5.41, 5.74) is 0.449. The molecule has 1 aromatic carbocycles. The molecule has 0 radical (unpaired) electrons. The number of hydrogen-bond donors (Lipinski definition) is 2. The molecular formula is C16H20FNO4. The van der Waals surface area contributed by atoms with E-state index in [1.807, 2.05) is 0 Å². The summed E-state index contributed by atoms with van der Waals surface area (Å²) >= 11 is 0. The minimum atomic E-state index is -1.03. The highest BCUT2D eigenvalue weighted by Gasteiger charge is 2.33. The number of halogens is 1. The second kappa shape index (κ2) is 7.35. The summed E-state index contributed by atoms with van der Waals surface area (Å²) in [6.45, 7) is 0.467. The van der Waals surface area contributed by atoms with Crippen LogP contribution in [0.15, 0.2) is 24.3 Å². The third kappa shape index (κ3) is 4.04. The monoisotopic (exact) mass is 309 g/mol. The van der Waals surface area contributed by atoms with Gasteiger partial charge < -0.3 is 15.1 Å². The van der Waals surface area contributed by atoms with Crippen molar-refractivity contribution in [1.29, 1.82) is 0 Å². The van der Waals surface area contributed by atoms with Crippen LogP contribution in [0.5, 0.6) is 0 Å². The average Bonchev–Trinajstić information content (AvgIpc) is 2.49. The van der Waals surface area contributed by atoms with Crippen molar-refractivity contribution in [2.24, 2.45) is 0 Å². The zero-order chi connectivity index (χ0) is 16.1. The Morgan fingerprint density at radius 3 is 2.68 bits per heavy atom. The van der Waals surface area contributed by atoms with E-state index in [0.717, 1.165) is 0 Å². The van der Waals surface area contributed by atoms with E-state index in [0.29, 0.717) is 24.9 Å². The van der Waals surface area contributed by atoms with Gasteiger partial charge in [-0.05, 0) is 30.9 Å². The van der Waals surface area contributed by atoms with E-state index < -0.39 is 18.1 Å². The van der Waals surface area contributed by atoms with Gasteiger partial charge in [-0.1, -0.05) is 18.2 Å². The molecule has 1 heterocycles. The molecular weight excluding hydrogens is 289 g/mol. The van der Waals surface area contributed by atoms with E-state index in [-0.39, 0.29) is 31.0 Å². The van der Waals surface area contributed by atoms with Crippen molar-refractivity contribution in [1.82, 2.24) is 4.90 Å². The fourth-order valence-electron chi connectivity index (χ4n) is 2.84. The van der Waals surface area contributed by atoms with E-state index in [2.05, 4.69) is 0 Å². The lowest BCUT2D eigenvalue weighted by molar-refractivity contribution is -0.144. The lowest BCUT2D eigenvalue weighted by atomic mass is 9.92. The Hall–Kier alpha value is -1.95. The molecule has 5 nitrogen and oxygen atoms in total. The van der Waals surface area contributed by atoms with Gasteiger partial charge in [0.2, 0.25) is 5.91 Å². The van der Waals surface area contributed by atoms with Crippen LogP contribution in [0.25, 0.3) is 0 Å². The molecule has 0 bridgehead atoms. The van der Waals surface area contributed by atoms with Crippen LogP contribution in [-0.4, -0.2) is 45.7 Å². The highest BCUT2D eigenvalue weighted by molar-refractivity contribution is 5.81. The molecule has 22 heavy (non-hydrogen) atoms. The number of carboxylic acid groups (broad SMARTS) is 1. The number of hydrogen-bond acceptors (Lipinski definition) is 3. The summed E-state index contributed by atoms with van der Waals surface area (Å²) in [6, 6.07) is 5.78. The van der Waals surface area contributed by atoms with Crippen LogP contribution in [-0.2, 0) is 16.0 Å². The highest BCUT2D eigenvalue weighted by Crippen LogP contribution is 2.23. The smallest absolute Gasteiger partial charge is 0.303 e. The first-order valence-corrected chi connectivity index (χ1v) is 7.41. The zero-order valence-electron chi connectivity index (χ0n) is 12.2. The van der Waals surface area contributed by atoms with Crippen molar-refractivity contribution < 1.29 is 24.2 Å². The topological polar surface area (TPSA) is 77.8 Å². The van der Waals surface area contributed by atoms with E-state index in [9.17, 15) is 19.1 Å². The molecule has 1 fully saturated rings. The number of nitrogens with zero attached hydrogens (tertiary/aromatic N) is 1. The molecule has 1 amide bonds. The Balaban J connectivity index is 2.11. The lowest BCUT2D eigenvalue weighted by Crippen LogP contribution is -2.52. The van der Waals surface area contributed by atoms with E-state index in [1.165, 1.54) is 11.0 Å². The van der Waals surface area contributed by atoms with Gasteiger partial charge in [0.15, 0.2) is 0 Å².